The Balaban J connectivity index is 1.34. The fourth-order valence-corrected chi connectivity index (χ4v) is 4.75. The van der Waals surface area contributed by atoms with Crippen molar-refractivity contribution < 1.29 is 14.3 Å². The standard InChI is InChI=1S/C31H30N4O3/c1-20-27(19-34-35-20)31(37)33-18-28(22-6-4-3-5-7-22)30(36)23-10-8-21(9-11-23)16-24-14-15-32-29-17-25(38-2)12-13-26(24)29/h3-15,17,28,34-35H,16,18-19H2,1-2H3,(H,33,37). The minimum atomic E-state index is -0.492. The molecule has 7 heteroatoms. The van der Waals surface area contributed by atoms with Crippen LogP contribution in [0.3, 0.4) is 0 Å². The first-order valence-electron chi connectivity index (χ1n) is 12.6. The number of aromatic nitrogens is 1. The molecule has 0 saturated heterocycles. The number of allylic oxidation sites excluding steroid dienone is 1. The van der Waals surface area contributed by atoms with Gasteiger partial charge in [0, 0.05) is 42.0 Å². The third kappa shape index (κ3) is 5.43. The molecule has 0 bridgehead atoms. The van der Waals surface area contributed by atoms with E-state index in [1.54, 1.807) is 7.11 Å². The van der Waals surface area contributed by atoms with E-state index in [1.807, 2.05) is 92.0 Å². The Morgan fingerprint density at radius 1 is 1.03 bits per heavy atom. The van der Waals surface area contributed by atoms with E-state index in [-0.39, 0.29) is 18.2 Å². The maximum atomic E-state index is 13.6. The van der Waals surface area contributed by atoms with E-state index in [0.29, 0.717) is 24.1 Å². The van der Waals surface area contributed by atoms with Gasteiger partial charge in [-0.1, -0.05) is 54.6 Å². The molecule has 2 heterocycles. The zero-order chi connectivity index (χ0) is 26.5. The summed E-state index contributed by atoms with van der Waals surface area (Å²) in [6.45, 7) is 2.51. The van der Waals surface area contributed by atoms with Gasteiger partial charge in [-0.3, -0.25) is 14.6 Å². The van der Waals surface area contributed by atoms with Crippen LogP contribution in [0, 0.1) is 0 Å². The molecule has 7 nitrogen and oxygen atoms in total. The fourth-order valence-electron chi connectivity index (χ4n) is 4.75. The molecule has 1 atom stereocenters. The molecule has 0 spiro atoms. The summed E-state index contributed by atoms with van der Waals surface area (Å²) >= 11 is 0. The van der Waals surface area contributed by atoms with Crippen LogP contribution in [0.15, 0.2) is 96.3 Å². The molecule has 0 fully saturated rings. The number of carbonyl (C=O) groups is 2. The Morgan fingerprint density at radius 2 is 1.82 bits per heavy atom. The topological polar surface area (TPSA) is 92.3 Å². The van der Waals surface area contributed by atoms with E-state index in [2.05, 4.69) is 21.2 Å². The predicted molar refractivity (Wildman–Crippen MR) is 148 cm³/mol. The van der Waals surface area contributed by atoms with Gasteiger partial charge >= 0.3 is 0 Å². The SMILES string of the molecule is COc1ccc2c(Cc3ccc(C(=O)C(CNC(=O)C4=C(C)NNC4)c4ccccc4)cc3)ccnc2c1. The molecule has 38 heavy (non-hydrogen) atoms. The smallest absolute Gasteiger partial charge is 0.250 e. The van der Waals surface area contributed by atoms with Crippen molar-refractivity contribution in [2.75, 3.05) is 20.2 Å². The second kappa shape index (κ2) is 11.3. The summed E-state index contributed by atoms with van der Waals surface area (Å²) in [5.74, 6) is 0.0788. The maximum absolute atomic E-state index is 13.6. The number of ketones is 1. The van der Waals surface area contributed by atoms with Crippen molar-refractivity contribution in [2.24, 2.45) is 0 Å². The molecule has 0 radical (unpaired) electrons. The van der Waals surface area contributed by atoms with Crippen LogP contribution in [0.2, 0.25) is 0 Å². The van der Waals surface area contributed by atoms with E-state index in [1.165, 1.54) is 0 Å². The summed E-state index contributed by atoms with van der Waals surface area (Å²) in [6.07, 6.45) is 2.53. The zero-order valence-corrected chi connectivity index (χ0v) is 21.5. The summed E-state index contributed by atoms with van der Waals surface area (Å²) < 4.78 is 5.33. The van der Waals surface area contributed by atoms with Gasteiger partial charge in [0.05, 0.1) is 24.1 Å². The minimum absolute atomic E-state index is 0.0297. The van der Waals surface area contributed by atoms with Gasteiger partial charge in [0.25, 0.3) is 0 Å². The van der Waals surface area contributed by atoms with Crippen LogP contribution in [0.5, 0.6) is 5.75 Å². The van der Waals surface area contributed by atoms with Crippen LogP contribution in [0.1, 0.15) is 39.9 Å². The third-order valence-electron chi connectivity index (χ3n) is 6.93. The Bertz CT molecular complexity index is 1500. The highest BCUT2D eigenvalue weighted by atomic mass is 16.5. The van der Waals surface area contributed by atoms with E-state index in [9.17, 15) is 9.59 Å². The fraction of sp³-hybridized carbons (Fsp3) is 0.194. The van der Waals surface area contributed by atoms with Crippen LogP contribution >= 0.6 is 0 Å². The van der Waals surface area contributed by atoms with Crippen LogP contribution in [0.25, 0.3) is 10.9 Å². The van der Waals surface area contributed by atoms with Crippen LogP contribution < -0.4 is 20.9 Å². The largest absolute Gasteiger partial charge is 0.497 e. The molecule has 192 valence electrons. The molecule has 1 aliphatic heterocycles. The van der Waals surface area contributed by atoms with Crippen molar-refractivity contribution in [1.82, 2.24) is 21.2 Å². The normalized spacial score (nSPS) is 13.7. The van der Waals surface area contributed by atoms with Gasteiger partial charge < -0.3 is 15.5 Å². The number of nitrogens with zero attached hydrogens (tertiary/aromatic N) is 1. The lowest BCUT2D eigenvalue weighted by Gasteiger charge is -2.18. The number of pyridine rings is 1. The zero-order valence-electron chi connectivity index (χ0n) is 21.5. The average molecular weight is 507 g/mol. The molecule has 1 unspecified atom stereocenters. The lowest BCUT2D eigenvalue weighted by molar-refractivity contribution is -0.117. The highest BCUT2D eigenvalue weighted by Gasteiger charge is 2.25. The number of methoxy groups -OCH3 is 1. The second-order valence-electron chi connectivity index (χ2n) is 9.35. The van der Waals surface area contributed by atoms with Crippen molar-refractivity contribution in [3.63, 3.8) is 0 Å². The molecule has 0 saturated carbocycles. The van der Waals surface area contributed by atoms with Gasteiger partial charge in [-0.15, -0.1) is 0 Å². The minimum Gasteiger partial charge on any atom is -0.497 e. The molecule has 1 amide bonds. The third-order valence-corrected chi connectivity index (χ3v) is 6.93. The van der Waals surface area contributed by atoms with Crippen LogP contribution in [-0.2, 0) is 11.2 Å². The van der Waals surface area contributed by atoms with Gasteiger partial charge in [0.2, 0.25) is 5.91 Å². The van der Waals surface area contributed by atoms with Gasteiger partial charge in [0.1, 0.15) is 5.75 Å². The summed E-state index contributed by atoms with van der Waals surface area (Å²) in [7, 11) is 1.65. The van der Waals surface area contributed by atoms with Crippen molar-refractivity contribution in [1.29, 1.82) is 0 Å². The van der Waals surface area contributed by atoms with E-state index in [0.717, 1.165) is 39.0 Å². The summed E-state index contributed by atoms with van der Waals surface area (Å²) in [6, 6.07) is 25.2. The Labute approximate surface area is 221 Å². The first-order chi connectivity index (χ1) is 18.5. The molecule has 3 aromatic carbocycles. The highest BCUT2D eigenvalue weighted by Crippen LogP contribution is 2.25. The Morgan fingerprint density at radius 3 is 2.53 bits per heavy atom. The predicted octanol–water partition coefficient (Wildman–Crippen LogP) is 4.30. The number of Topliss-reactive ketones (excluding diaryl/α,β-unsaturated/α-hetero) is 1. The molecule has 1 aliphatic rings. The highest BCUT2D eigenvalue weighted by molar-refractivity contribution is 6.02. The molecular weight excluding hydrogens is 476 g/mol. The van der Waals surface area contributed by atoms with Crippen molar-refractivity contribution in [3.8, 4) is 5.75 Å². The Hall–Kier alpha value is -4.49. The lowest BCUT2D eigenvalue weighted by atomic mass is 9.89. The summed E-state index contributed by atoms with van der Waals surface area (Å²) in [5.41, 5.74) is 12.0. The molecule has 1 aromatic heterocycles. The molecule has 3 N–H and O–H groups in total. The van der Waals surface area contributed by atoms with Gasteiger partial charge in [0.15, 0.2) is 5.78 Å². The number of amides is 1. The van der Waals surface area contributed by atoms with E-state index in [4.69, 9.17) is 4.74 Å². The van der Waals surface area contributed by atoms with E-state index >= 15 is 0 Å². The number of hydrogen-bond donors (Lipinski definition) is 3. The summed E-state index contributed by atoms with van der Waals surface area (Å²) in [4.78, 5) is 30.8. The Kier molecular flexibility index (Phi) is 7.47. The van der Waals surface area contributed by atoms with Crippen LogP contribution in [-0.4, -0.2) is 36.9 Å². The molecular formula is C31H30N4O3. The number of carbonyl (C=O) groups excluding carboxylic acids is 2. The number of benzene rings is 3. The number of hydrazine groups is 1. The average Bonchev–Trinajstić information content (AvgIpc) is 3.39. The van der Waals surface area contributed by atoms with Gasteiger partial charge in [-0.25, -0.2) is 5.43 Å². The second-order valence-corrected chi connectivity index (χ2v) is 9.35. The number of fused-ring (bicyclic) bond motifs is 1. The molecule has 0 aliphatic carbocycles. The van der Waals surface area contributed by atoms with E-state index < -0.39 is 5.92 Å². The van der Waals surface area contributed by atoms with Crippen molar-refractivity contribution in [2.45, 2.75) is 19.3 Å². The number of rotatable bonds is 9. The molecule has 4 aromatic rings. The maximum Gasteiger partial charge on any atom is 0.250 e. The van der Waals surface area contributed by atoms with Crippen molar-refractivity contribution in [3.05, 3.63) is 119 Å². The van der Waals surface area contributed by atoms with Crippen molar-refractivity contribution >= 4 is 22.6 Å². The monoisotopic (exact) mass is 506 g/mol. The number of nitrogens with one attached hydrogen (secondary N) is 3. The van der Waals surface area contributed by atoms with Gasteiger partial charge in [-0.2, -0.15) is 0 Å². The number of hydrogen-bond acceptors (Lipinski definition) is 6. The lowest BCUT2D eigenvalue weighted by Crippen LogP contribution is -2.34. The van der Waals surface area contributed by atoms with Gasteiger partial charge in [-0.05, 0) is 48.2 Å². The quantitative estimate of drug-likeness (QED) is 0.293. The van der Waals surface area contributed by atoms with Crippen LogP contribution in [0.4, 0.5) is 0 Å². The first-order valence-corrected chi connectivity index (χ1v) is 12.6. The molecule has 5 rings (SSSR count). The number of ether oxygens (including phenoxy) is 1. The first kappa shape index (κ1) is 25.2. The summed E-state index contributed by atoms with van der Waals surface area (Å²) in [5, 5.41) is 4.04.